The molecule has 152 valence electrons. The van der Waals surface area contributed by atoms with Crippen LogP contribution >= 0.6 is 0 Å². The van der Waals surface area contributed by atoms with E-state index in [1.54, 1.807) is 6.92 Å². The number of carbonyl (C=O) groups excluding carboxylic acids is 1. The van der Waals surface area contributed by atoms with Crippen LogP contribution in [0.5, 0.6) is 5.75 Å². The van der Waals surface area contributed by atoms with E-state index >= 15 is 0 Å². The van der Waals surface area contributed by atoms with E-state index in [2.05, 4.69) is 22.8 Å². The van der Waals surface area contributed by atoms with Crippen LogP contribution in [-0.2, 0) is 23.1 Å². The van der Waals surface area contributed by atoms with Gasteiger partial charge >= 0.3 is 0 Å². The normalized spacial score (nSPS) is 27.6. The van der Waals surface area contributed by atoms with Crippen LogP contribution in [0.1, 0.15) is 55.7 Å². The third kappa shape index (κ3) is 3.24. The Morgan fingerprint density at radius 3 is 2.83 bits per heavy atom. The zero-order valence-corrected chi connectivity index (χ0v) is 17.1. The highest BCUT2D eigenvalue weighted by atomic mass is 16.3. The van der Waals surface area contributed by atoms with Crippen molar-refractivity contribution in [3.05, 3.63) is 53.1 Å². The minimum Gasteiger partial charge on any atom is -0.506 e. The number of carbonyl (C=O) groups is 1. The summed E-state index contributed by atoms with van der Waals surface area (Å²) in [5.74, 6) is 1.22. The molecule has 2 fully saturated rings. The molecule has 2 aromatic carbocycles. The van der Waals surface area contributed by atoms with Gasteiger partial charge in [-0.05, 0) is 86.0 Å². The Bertz CT molecular complexity index is 933. The van der Waals surface area contributed by atoms with Gasteiger partial charge in [0.2, 0.25) is 0 Å². The second-order valence-corrected chi connectivity index (χ2v) is 9.25. The van der Waals surface area contributed by atoms with Crippen LogP contribution in [0, 0.1) is 5.92 Å². The fourth-order valence-corrected chi connectivity index (χ4v) is 6.22. The largest absolute Gasteiger partial charge is 0.506 e. The monoisotopic (exact) mass is 390 g/mol. The summed E-state index contributed by atoms with van der Waals surface area (Å²) in [5, 5.41) is 18.0. The lowest BCUT2D eigenvalue weighted by molar-refractivity contribution is -0.116. The lowest BCUT2D eigenvalue weighted by atomic mass is 9.53. The highest BCUT2D eigenvalue weighted by Gasteiger charge is 2.51. The molecule has 1 saturated heterocycles. The third-order valence-electron chi connectivity index (χ3n) is 7.44. The fourth-order valence-electron chi connectivity index (χ4n) is 6.22. The summed E-state index contributed by atoms with van der Waals surface area (Å²) >= 11 is 0. The Hall–Kier alpha value is -2.33. The quantitative estimate of drug-likeness (QED) is 0.667. The number of ketones is 1. The van der Waals surface area contributed by atoms with Crippen LogP contribution in [0.15, 0.2) is 36.4 Å². The number of piperidine rings is 1. The molecule has 2 aromatic rings. The molecule has 4 heteroatoms. The first-order chi connectivity index (χ1) is 14.0. The van der Waals surface area contributed by atoms with Crippen LogP contribution in [0.3, 0.4) is 0 Å². The van der Waals surface area contributed by atoms with Gasteiger partial charge in [0.1, 0.15) is 11.5 Å². The van der Waals surface area contributed by atoms with Gasteiger partial charge in [-0.15, -0.1) is 0 Å². The molecule has 3 aliphatic rings. The van der Waals surface area contributed by atoms with E-state index in [9.17, 15) is 9.90 Å². The van der Waals surface area contributed by atoms with Crippen LogP contribution in [0.25, 0.3) is 0 Å². The summed E-state index contributed by atoms with van der Waals surface area (Å²) in [7, 11) is 0. The lowest BCUT2D eigenvalue weighted by Crippen LogP contribution is -2.59. The number of rotatable bonds is 4. The second kappa shape index (κ2) is 7.17. The van der Waals surface area contributed by atoms with Crippen molar-refractivity contribution < 1.29 is 9.90 Å². The van der Waals surface area contributed by atoms with Crippen molar-refractivity contribution in [1.82, 2.24) is 5.32 Å². The average Bonchev–Trinajstić information content (AvgIpc) is 2.70. The SMILES string of the molecule is CC(=O)Cc1ccc(Nc2cc3c(cc2O)[C@]24CCCC[C@@H]2[C@H](C3)NCC4)cc1. The van der Waals surface area contributed by atoms with Crippen LogP contribution in [-0.4, -0.2) is 23.5 Å². The first-order valence-electron chi connectivity index (χ1n) is 11.0. The molecule has 3 N–H and O–H groups in total. The maximum atomic E-state index is 11.3. The number of Topliss-reactive ketones (excluding diaryl/α,β-unsaturated/α-hetero) is 1. The highest BCUT2D eigenvalue weighted by molar-refractivity contribution is 5.78. The predicted molar refractivity (Wildman–Crippen MR) is 116 cm³/mol. The van der Waals surface area contributed by atoms with Crippen molar-refractivity contribution in [3.63, 3.8) is 0 Å². The van der Waals surface area contributed by atoms with E-state index < -0.39 is 0 Å². The summed E-state index contributed by atoms with van der Waals surface area (Å²) < 4.78 is 0. The zero-order chi connectivity index (χ0) is 20.0. The van der Waals surface area contributed by atoms with Gasteiger partial charge in [-0.2, -0.15) is 0 Å². The maximum Gasteiger partial charge on any atom is 0.139 e. The summed E-state index contributed by atoms with van der Waals surface area (Å²) in [6, 6.07) is 12.7. The topological polar surface area (TPSA) is 61.4 Å². The Morgan fingerprint density at radius 2 is 2.03 bits per heavy atom. The van der Waals surface area contributed by atoms with Crippen molar-refractivity contribution in [2.24, 2.45) is 5.92 Å². The molecule has 1 saturated carbocycles. The molecule has 1 heterocycles. The molecule has 1 aliphatic heterocycles. The molecule has 5 rings (SSSR count). The number of fused-ring (bicyclic) bond motifs is 1. The number of hydrogen-bond donors (Lipinski definition) is 3. The van der Waals surface area contributed by atoms with Crippen molar-refractivity contribution in [2.45, 2.75) is 63.3 Å². The Morgan fingerprint density at radius 1 is 1.21 bits per heavy atom. The van der Waals surface area contributed by atoms with E-state index in [4.69, 9.17) is 0 Å². The highest BCUT2D eigenvalue weighted by Crippen LogP contribution is 2.55. The van der Waals surface area contributed by atoms with E-state index in [0.29, 0.717) is 24.1 Å². The van der Waals surface area contributed by atoms with Gasteiger partial charge in [0.15, 0.2) is 0 Å². The molecule has 0 spiro atoms. The predicted octanol–water partition coefficient (Wildman–Crippen LogP) is 4.61. The Labute approximate surface area is 172 Å². The van der Waals surface area contributed by atoms with Crippen molar-refractivity contribution >= 4 is 17.2 Å². The van der Waals surface area contributed by atoms with Gasteiger partial charge in [0.25, 0.3) is 0 Å². The number of hydrogen-bond acceptors (Lipinski definition) is 4. The number of nitrogens with one attached hydrogen (secondary N) is 2. The number of aromatic hydroxyl groups is 1. The molecule has 0 aromatic heterocycles. The van der Waals surface area contributed by atoms with Crippen molar-refractivity contribution in [1.29, 1.82) is 0 Å². The molecule has 29 heavy (non-hydrogen) atoms. The molecule has 0 unspecified atom stereocenters. The molecule has 4 nitrogen and oxygen atoms in total. The van der Waals surface area contributed by atoms with Crippen molar-refractivity contribution in [2.75, 3.05) is 11.9 Å². The summed E-state index contributed by atoms with van der Waals surface area (Å²) in [5.41, 5.74) is 5.75. The van der Waals surface area contributed by atoms with E-state index in [0.717, 1.165) is 29.9 Å². The van der Waals surface area contributed by atoms with Crippen LogP contribution < -0.4 is 10.6 Å². The van der Waals surface area contributed by atoms with Crippen LogP contribution in [0.4, 0.5) is 11.4 Å². The van der Waals surface area contributed by atoms with E-state index in [-0.39, 0.29) is 11.2 Å². The first-order valence-corrected chi connectivity index (χ1v) is 11.0. The summed E-state index contributed by atoms with van der Waals surface area (Å²) in [4.78, 5) is 11.3. The molecule has 2 bridgehead atoms. The standard InChI is InChI=1S/C25H30N2O2/c1-16(28)12-17-5-7-19(8-6-17)27-23-14-18-13-22-20-4-2-3-9-25(20,10-11-26-22)21(18)15-24(23)29/h5-8,14-15,20,22,26-27,29H,2-4,9-13H2,1H3/t20-,22+,25+/m1/s1. The minimum absolute atomic E-state index is 0.164. The van der Waals surface area contributed by atoms with E-state index in [1.165, 1.54) is 43.2 Å². The Kier molecular flexibility index (Phi) is 4.62. The number of phenols is 1. The Balaban J connectivity index is 1.45. The molecular weight excluding hydrogens is 360 g/mol. The third-order valence-corrected chi connectivity index (χ3v) is 7.44. The second-order valence-electron chi connectivity index (χ2n) is 9.25. The molecule has 0 amide bonds. The van der Waals surface area contributed by atoms with Gasteiger partial charge in [-0.25, -0.2) is 0 Å². The van der Waals surface area contributed by atoms with Crippen molar-refractivity contribution in [3.8, 4) is 5.75 Å². The lowest BCUT2D eigenvalue weighted by Gasteiger charge is -2.56. The minimum atomic E-state index is 0.164. The molecular formula is C25H30N2O2. The first kappa shape index (κ1) is 18.7. The van der Waals surface area contributed by atoms with E-state index in [1.807, 2.05) is 24.3 Å². The van der Waals surface area contributed by atoms with Gasteiger partial charge in [0.05, 0.1) is 5.69 Å². The van der Waals surface area contributed by atoms with Crippen LogP contribution in [0.2, 0.25) is 0 Å². The molecule has 3 atom stereocenters. The van der Waals surface area contributed by atoms with Gasteiger partial charge in [-0.3, -0.25) is 4.79 Å². The number of anilines is 2. The zero-order valence-electron chi connectivity index (χ0n) is 17.1. The number of benzene rings is 2. The average molecular weight is 391 g/mol. The summed E-state index contributed by atoms with van der Waals surface area (Å²) in [6.45, 7) is 2.70. The smallest absolute Gasteiger partial charge is 0.139 e. The van der Waals surface area contributed by atoms with Gasteiger partial charge in [-0.1, -0.05) is 25.0 Å². The maximum absolute atomic E-state index is 11.3. The van der Waals surface area contributed by atoms with Gasteiger partial charge < -0.3 is 15.7 Å². The molecule has 0 radical (unpaired) electrons. The van der Waals surface area contributed by atoms with Gasteiger partial charge in [0, 0.05) is 23.6 Å². The molecule has 2 aliphatic carbocycles. The fraction of sp³-hybridized carbons (Fsp3) is 0.480. The summed E-state index contributed by atoms with van der Waals surface area (Å²) in [6.07, 6.45) is 7.90. The number of phenolic OH excluding ortho intramolecular Hbond substituents is 1.